The summed E-state index contributed by atoms with van der Waals surface area (Å²) in [5.41, 5.74) is 0. The van der Waals surface area contributed by atoms with Crippen LogP contribution in [0.4, 0.5) is 0 Å². The van der Waals surface area contributed by atoms with Crippen molar-refractivity contribution in [2.45, 2.75) is 0 Å². The molecule has 1 aromatic rings. The summed E-state index contributed by atoms with van der Waals surface area (Å²) in [5, 5.41) is 0. The average molecular weight is 213 g/mol. The van der Waals surface area contributed by atoms with Gasteiger partial charge in [0.25, 0.3) is 0 Å². The van der Waals surface area contributed by atoms with Gasteiger partial charge in [0, 0.05) is 21.6 Å². The third kappa shape index (κ3) is 4.12. The standard InChI is InChI=1S/C6H5O3P.Fe/c7-10(8)9-6-4-2-1-3-5-6;/h1-5H;/p+1. The molecule has 0 saturated carbocycles. The first-order chi connectivity index (χ1) is 4.79. The Bertz CT molecular complexity index is 227. The minimum atomic E-state index is -2.53. The molecule has 11 heavy (non-hydrogen) atoms. The summed E-state index contributed by atoms with van der Waals surface area (Å²) < 4.78 is 14.6. The molecule has 1 N–H and O–H groups in total. The smallest absolute Gasteiger partial charge is 0.229 e. The largest absolute Gasteiger partial charge is 0.747 e. The van der Waals surface area contributed by atoms with Gasteiger partial charge >= 0.3 is 8.25 Å². The maximum absolute atomic E-state index is 10.1. The summed E-state index contributed by atoms with van der Waals surface area (Å²) in [5.74, 6) is 0.408. The third-order valence-corrected chi connectivity index (χ3v) is 1.29. The number of para-hydroxylation sites is 1. The first-order valence-corrected chi connectivity index (χ1v) is 3.81. The predicted octanol–water partition coefficient (Wildman–Crippen LogP) is 1.71. The summed E-state index contributed by atoms with van der Waals surface area (Å²) >= 11 is 0. The van der Waals surface area contributed by atoms with Crippen molar-refractivity contribution in [1.82, 2.24) is 0 Å². The molecule has 1 atom stereocenters. The summed E-state index contributed by atoms with van der Waals surface area (Å²) in [6.45, 7) is 0. The van der Waals surface area contributed by atoms with Crippen LogP contribution in [-0.4, -0.2) is 4.89 Å². The number of hydrogen-bond donors (Lipinski definition) is 1. The molecular formula is C6H6FeO3P+. The maximum atomic E-state index is 10.1. The SMILES string of the molecule is O=[P+](O)Oc1ccccc1.[Fe]. The van der Waals surface area contributed by atoms with E-state index in [9.17, 15) is 4.57 Å². The first-order valence-electron chi connectivity index (χ1n) is 2.68. The van der Waals surface area contributed by atoms with Crippen LogP contribution in [0.25, 0.3) is 0 Å². The van der Waals surface area contributed by atoms with Crippen LogP contribution in [0.5, 0.6) is 5.75 Å². The van der Waals surface area contributed by atoms with Crippen LogP contribution in [-0.2, 0) is 21.6 Å². The molecule has 0 aliphatic rings. The molecular weight excluding hydrogens is 207 g/mol. The Hall–Kier alpha value is -0.401. The van der Waals surface area contributed by atoms with Gasteiger partial charge in [-0.15, -0.1) is 4.89 Å². The molecule has 1 aromatic carbocycles. The van der Waals surface area contributed by atoms with Crippen LogP contribution >= 0.6 is 8.25 Å². The van der Waals surface area contributed by atoms with Gasteiger partial charge in [0.1, 0.15) is 0 Å². The van der Waals surface area contributed by atoms with Crippen molar-refractivity contribution >= 4 is 8.25 Å². The number of hydrogen-bond acceptors (Lipinski definition) is 2. The molecule has 0 aliphatic carbocycles. The summed E-state index contributed by atoms with van der Waals surface area (Å²) in [7, 11) is -2.53. The van der Waals surface area contributed by atoms with Gasteiger partial charge in [-0.3, -0.25) is 0 Å². The van der Waals surface area contributed by atoms with E-state index in [-0.39, 0.29) is 17.1 Å². The normalized spacial score (nSPS) is 9.73. The molecule has 3 nitrogen and oxygen atoms in total. The quantitative estimate of drug-likeness (QED) is 0.600. The van der Waals surface area contributed by atoms with Gasteiger partial charge in [-0.25, -0.2) is 4.52 Å². The molecule has 0 spiro atoms. The van der Waals surface area contributed by atoms with E-state index in [0.717, 1.165) is 0 Å². The van der Waals surface area contributed by atoms with Crippen LogP contribution in [0, 0.1) is 0 Å². The Kier molecular flexibility index (Phi) is 5.08. The van der Waals surface area contributed by atoms with Crippen molar-refractivity contribution in [3.63, 3.8) is 0 Å². The van der Waals surface area contributed by atoms with Gasteiger partial charge in [0.15, 0.2) is 5.75 Å². The van der Waals surface area contributed by atoms with Crippen LogP contribution in [0.1, 0.15) is 0 Å². The molecule has 5 heteroatoms. The molecule has 0 radical (unpaired) electrons. The van der Waals surface area contributed by atoms with E-state index in [1.807, 2.05) is 0 Å². The van der Waals surface area contributed by atoms with Crippen molar-refractivity contribution in [2.24, 2.45) is 0 Å². The van der Waals surface area contributed by atoms with Gasteiger partial charge in [0.05, 0.1) is 0 Å². The molecule has 0 fully saturated rings. The maximum Gasteiger partial charge on any atom is 0.747 e. The molecule has 0 aliphatic heterocycles. The Morgan fingerprint density at radius 2 is 1.82 bits per heavy atom. The predicted molar refractivity (Wildman–Crippen MR) is 36.9 cm³/mol. The zero-order chi connectivity index (χ0) is 7.40. The topological polar surface area (TPSA) is 46.5 Å². The Labute approximate surface area is 75.8 Å². The first kappa shape index (κ1) is 10.6. The molecule has 1 unspecified atom stereocenters. The van der Waals surface area contributed by atoms with E-state index < -0.39 is 8.25 Å². The zero-order valence-corrected chi connectivity index (χ0v) is 7.45. The number of rotatable bonds is 2. The van der Waals surface area contributed by atoms with Crippen molar-refractivity contribution in [1.29, 1.82) is 0 Å². The Balaban J connectivity index is 0.000001000. The zero-order valence-electron chi connectivity index (χ0n) is 5.45. The van der Waals surface area contributed by atoms with Crippen LogP contribution in [0.2, 0.25) is 0 Å². The fourth-order valence-corrected chi connectivity index (χ4v) is 0.874. The van der Waals surface area contributed by atoms with Gasteiger partial charge in [-0.2, -0.15) is 0 Å². The van der Waals surface area contributed by atoms with Crippen molar-refractivity contribution in [3.8, 4) is 5.75 Å². The second kappa shape index (κ2) is 5.28. The molecule has 0 saturated heterocycles. The summed E-state index contributed by atoms with van der Waals surface area (Å²) in [6, 6.07) is 8.49. The molecule has 1 rings (SSSR count). The van der Waals surface area contributed by atoms with E-state index in [0.29, 0.717) is 5.75 Å². The van der Waals surface area contributed by atoms with Crippen molar-refractivity contribution in [3.05, 3.63) is 30.3 Å². The molecule has 0 amide bonds. The van der Waals surface area contributed by atoms with Gasteiger partial charge in [-0.05, 0) is 12.1 Å². The van der Waals surface area contributed by atoms with Gasteiger partial charge in [0.2, 0.25) is 0 Å². The monoisotopic (exact) mass is 213 g/mol. The molecule has 0 heterocycles. The van der Waals surface area contributed by atoms with E-state index in [1.54, 1.807) is 30.3 Å². The van der Waals surface area contributed by atoms with Crippen molar-refractivity contribution in [2.75, 3.05) is 0 Å². The molecule has 0 aromatic heterocycles. The van der Waals surface area contributed by atoms with Crippen LogP contribution in [0.15, 0.2) is 30.3 Å². The summed E-state index contributed by atoms with van der Waals surface area (Å²) in [6.07, 6.45) is 0. The Morgan fingerprint density at radius 1 is 1.27 bits per heavy atom. The van der Waals surface area contributed by atoms with E-state index in [2.05, 4.69) is 4.52 Å². The van der Waals surface area contributed by atoms with Gasteiger partial charge < -0.3 is 0 Å². The fourth-order valence-electron chi connectivity index (χ4n) is 0.572. The second-order valence-electron chi connectivity index (χ2n) is 1.64. The van der Waals surface area contributed by atoms with E-state index >= 15 is 0 Å². The minimum Gasteiger partial charge on any atom is -0.229 e. The second-order valence-corrected chi connectivity index (χ2v) is 2.30. The number of benzene rings is 1. The van der Waals surface area contributed by atoms with Gasteiger partial charge in [-0.1, -0.05) is 18.2 Å². The fraction of sp³-hybridized carbons (Fsp3) is 0. The third-order valence-electron chi connectivity index (χ3n) is 0.927. The molecule has 0 bridgehead atoms. The Morgan fingerprint density at radius 3 is 2.27 bits per heavy atom. The average Bonchev–Trinajstić information content (AvgIpc) is 1.88. The van der Waals surface area contributed by atoms with Crippen molar-refractivity contribution < 1.29 is 31.1 Å². The van der Waals surface area contributed by atoms with Crippen LogP contribution in [0.3, 0.4) is 0 Å². The van der Waals surface area contributed by atoms with Crippen LogP contribution < -0.4 is 4.52 Å². The van der Waals surface area contributed by atoms with E-state index in [1.165, 1.54) is 0 Å². The minimum absolute atomic E-state index is 0. The molecule has 60 valence electrons. The summed E-state index contributed by atoms with van der Waals surface area (Å²) in [4.78, 5) is 8.29. The van der Waals surface area contributed by atoms with E-state index in [4.69, 9.17) is 4.89 Å².